The zero-order valence-electron chi connectivity index (χ0n) is 16.9. The predicted molar refractivity (Wildman–Crippen MR) is 117 cm³/mol. The van der Waals surface area contributed by atoms with Crippen molar-refractivity contribution in [3.63, 3.8) is 0 Å². The van der Waals surface area contributed by atoms with Crippen LogP contribution >= 0.6 is 11.3 Å². The second-order valence-electron chi connectivity index (χ2n) is 7.32. The summed E-state index contributed by atoms with van der Waals surface area (Å²) in [5.41, 5.74) is 3.32. The van der Waals surface area contributed by atoms with Gasteiger partial charge in [-0.15, -0.1) is 11.3 Å². The largest absolute Gasteiger partial charge is 0.321 e. The SMILES string of the molecule is CCc1nc(C)c2c(C)c(C(=O)Nc3cccc(N4CCCCC4=O)c3)sc2n1. The highest BCUT2D eigenvalue weighted by molar-refractivity contribution is 7.20. The molecule has 1 N–H and O–H groups in total. The van der Waals surface area contributed by atoms with Crippen LogP contribution in [0.15, 0.2) is 24.3 Å². The third kappa shape index (κ3) is 3.74. The summed E-state index contributed by atoms with van der Waals surface area (Å²) in [5.74, 6) is 0.771. The molecule has 150 valence electrons. The fourth-order valence-electron chi connectivity index (χ4n) is 3.79. The quantitative estimate of drug-likeness (QED) is 0.682. The molecular weight excluding hydrogens is 384 g/mol. The number of anilines is 2. The van der Waals surface area contributed by atoms with Crippen molar-refractivity contribution in [1.29, 1.82) is 0 Å². The molecule has 1 aromatic carbocycles. The molecule has 2 amide bonds. The number of benzene rings is 1. The van der Waals surface area contributed by atoms with E-state index >= 15 is 0 Å². The molecule has 3 aromatic rings. The molecule has 7 heteroatoms. The van der Waals surface area contributed by atoms with Gasteiger partial charge in [-0.2, -0.15) is 0 Å². The molecule has 1 fully saturated rings. The van der Waals surface area contributed by atoms with Crippen molar-refractivity contribution < 1.29 is 9.59 Å². The first-order valence-electron chi connectivity index (χ1n) is 9.96. The second kappa shape index (κ2) is 7.91. The molecular formula is C22H24N4O2S. The van der Waals surface area contributed by atoms with Crippen LogP contribution in [0.4, 0.5) is 11.4 Å². The second-order valence-corrected chi connectivity index (χ2v) is 8.32. The molecule has 0 bridgehead atoms. The molecule has 2 aromatic heterocycles. The Morgan fingerprint density at radius 1 is 1.24 bits per heavy atom. The number of thiophene rings is 1. The smallest absolute Gasteiger partial charge is 0.266 e. The Hall–Kier alpha value is -2.80. The van der Waals surface area contributed by atoms with Gasteiger partial charge in [-0.3, -0.25) is 9.59 Å². The molecule has 3 heterocycles. The zero-order chi connectivity index (χ0) is 20.5. The van der Waals surface area contributed by atoms with Gasteiger partial charge in [0.15, 0.2) is 0 Å². The maximum Gasteiger partial charge on any atom is 0.266 e. The van der Waals surface area contributed by atoms with E-state index in [-0.39, 0.29) is 11.8 Å². The van der Waals surface area contributed by atoms with Crippen molar-refractivity contribution in [2.45, 2.75) is 46.5 Å². The first-order chi connectivity index (χ1) is 14.0. The number of hydrogen-bond donors (Lipinski definition) is 1. The number of carbonyl (C=O) groups excluding carboxylic acids is 2. The van der Waals surface area contributed by atoms with Crippen LogP contribution in [-0.4, -0.2) is 28.3 Å². The van der Waals surface area contributed by atoms with Crippen LogP contribution in [0.5, 0.6) is 0 Å². The molecule has 1 aliphatic heterocycles. The number of piperidine rings is 1. The van der Waals surface area contributed by atoms with E-state index in [0.717, 1.165) is 58.8 Å². The van der Waals surface area contributed by atoms with Crippen molar-refractivity contribution in [1.82, 2.24) is 9.97 Å². The molecule has 0 radical (unpaired) electrons. The van der Waals surface area contributed by atoms with Crippen LogP contribution < -0.4 is 10.2 Å². The first kappa shape index (κ1) is 19.5. The number of carbonyl (C=O) groups is 2. The van der Waals surface area contributed by atoms with Crippen molar-refractivity contribution in [2.24, 2.45) is 0 Å². The predicted octanol–water partition coefficient (Wildman–Crippen LogP) is 4.64. The lowest BCUT2D eigenvalue weighted by Crippen LogP contribution is -2.35. The van der Waals surface area contributed by atoms with Crippen LogP contribution in [-0.2, 0) is 11.2 Å². The lowest BCUT2D eigenvalue weighted by Gasteiger charge is -2.27. The van der Waals surface area contributed by atoms with Crippen molar-refractivity contribution in [3.8, 4) is 0 Å². The lowest BCUT2D eigenvalue weighted by molar-refractivity contribution is -0.119. The van der Waals surface area contributed by atoms with E-state index in [1.807, 2.05) is 45.0 Å². The highest BCUT2D eigenvalue weighted by Gasteiger charge is 2.21. The Balaban J connectivity index is 1.61. The minimum Gasteiger partial charge on any atom is -0.321 e. The van der Waals surface area contributed by atoms with Gasteiger partial charge in [-0.1, -0.05) is 13.0 Å². The van der Waals surface area contributed by atoms with Crippen LogP contribution in [0.3, 0.4) is 0 Å². The maximum atomic E-state index is 13.0. The number of nitrogens with zero attached hydrogens (tertiary/aromatic N) is 3. The normalized spacial score (nSPS) is 14.4. The summed E-state index contributed by atoms with van der Waals surface area (Å²) < 4.78 is 0. The minimum absolute atomic E-state index is 0.140. The number of amides is 2. The fraction of sp³-hybridized carbons (Fsp3) is 0.364. The topological polar surface area (TPSA) is 75.2 Å². The monoisotopic (exact) mass is 408 g/mol. The highest BCUT2D eigenvalue weighted by Crippen LogP contribution is 2.32. The average Bonchev–Trinajstić information content (AvgIpc) is 3.05. The van der Waals surface area contributed by atoms with Gasteiger partial charge in [0.25, 0.3) is 5.91 Å². The van der Waals surface area contributed by atoms with E-state index in [1.165, 1.54) is 11.3 Å². The third-order valence-electron chi connectivity index (χ3n) is 5.28. The van der Waals surface area contributed by atoms with Crippen LogP contribution in [0.2, 0.25) is 0 Å². The molecule has 4 rings (SSSR count). The molecule has 0 saturated carbocycles. The van der Waals surface area contributed by atoms with Crippen molar-refractivity contribution in [3.05, 3.63) is 46.2 Å². The van der Waals surface area contributed by atoms with Gasteiger partial charge < -0.3 is 10.2 Å². The maximum absolute atomic E-state index is 13.0. The van der Waals surface area contributed by atoms with Crippen LogP contribution in [0.25, 0.3) is 10.2 Å². The van der Waals surface area contributed by atoms with Gasteiger partial charge in [-0.25, -0.2) is 9.97 Å². The van der Waals surface area contributed by atoms with Gasteiger partial charge in [0.2, 0.25) is 5.91 Å². The van der Waals surface area contributed by atoms with E-state index in [4.69, 9.17) is 0 Å². The Morgan fingerprint density at radius 3 is 2.83 bits per heavy atom. The minimum atomic E-state index is -0.162. The summed E-state index contributed by atoms with van der Waals surface area (Å²) in [6.07, 6.45) is 3.29. The Bertz CT molecular complexity index is 1110. The number of aryl methyl sites for hydroxylation is 3. The number of hydrogen-bond acceptors (Lipinski definition) is 5. The van der Waals surface area contributed by atoms with E-state index in [1.54, 1.807) is 4.90 Å². The summed E-state index contributed by atoms with van der Waals surface area (Å²) >= 11 is 1.40. The summed E-state index contributed by atoms with van der Waals surface area (Å²) in [5, 5.41) is 3.95. The molecule has 0 spiro atoms. The third-order valence-corrected chi connectivity index (χ3v) is 6.46. The highest BCUT2D eigenvalue weighted by atomic mass is 32.1. The van der Waals surface area contributed by atoms with Gasteiger partial charge in [-0.05, 0) is 50.5 Å². The molecule has 0 aliphatic carbocycles. The lowest BCUT2D eigenvalue weighted by atomic mass is 10.1. The van der Waals surface area contributed by atoms with Gasteiger partial charge in [0, 0.05) is 41.8 Å². The Kier molecular flexibility index (Phi) is 5.32. The zero-order valence-corrected chi connectivity index (χ0v) is 17.7. The Labute approximate surface area is 174 Å². The summed E-state index contributed by atoms with van der Waals surface area (Å²) in [4.78, 5) is 37.6. The standard InChI is InChI=1S/C22H24N4O2S/c1-4-17-23-14(3)19-13(2)20(29-22(19)25-17)21(28)24-15-8-7-9-16(12-15)26-11-6-5-10-18(26)27/h7-9,12H,4-6,10-11H2,1-3H3,(H,24,28). The molecule has 6 nitrogen and oxygen atoms in total. The van der Waals surface area contributed by atoms with Crippen molar-refractivity contribution >= 4 is 44.7 Å². The first-order valence-corrected chi connectivity index (χ1v) is 10.8. The summed E-state index contributed by atoms with van der Waals surface area (Å²) in [7, 11) is 0. The van der Waals surface area contributed by atoms with Crippen molar-refractivity contribution in [2.75, 3.05) is 16.8 Å². The van der Waals surface area contributed by atoms with Gasteiger partial charge in [0.1, 0.15) is 10.7 Å². The Morgan fingerprint density at radius 2 is 2.07 bits per heavy atom. The van der Waals surface area contributed by atoms with Crippen LogP contribution in [0, 0.1) is 13.8 Å². The number of nitrogens with one attached hydrogen (secondary N) is 1. The number of rotatable bonds is 4. The summed E-state index contributed by atoms with van der Waals surface area (Å²) in [6.45, 7) is 6.65. The van der Waals surface area contributed by atoms with Gasteiger partial charge in [0.05, 0.1) is 4.88 Å². The molecule has 29 heavy (non-hydrogen) atoms. The van der Waals surface area contributed by atoms with Crippen LogP contribution in [0.1, 0.15) is 52.9 Å². The molecule has 0 atom stereocenters. The van der Waals surface area contributed by atoms with E-state index in [2.05, 4.69) is 15.3 Å². The van der Waals surface area contributed by atoms with Gasteiger partial charge >= 0.3 is 0 Å². The number of aromatic nitrogens is 2. The number of fused-ring (bicyclic) bond motifs is 1. The fourth-order valence-corrected chi connectivity index (χ4v) is 4.93. The van der Waals surface area contributed by atoms with E-state index < -0.39 is 0 Å². The molecule has 1 aliphatic rings. The average molecular weight is 409 g/mol. The van der Waals surface area contributed by atoms with E-state index in [9.17, 15) is 9.59 Å². The molecule has 1 saturated heterocycles. The summed E-state index contributed by atoms with van der Waals surface area (Å²) in [6, 6.07) is 7.49. The van der Waals surface area contributed by atoms with E-state index in [0.29, 0.717) is 17.0 Å². The molecule has 0 unspecified atom stereocenters.